The number of likely N-dealkylation sites (N-methyl/N-ethyl adjacent to an activating group) is 1. The molecule has 0 radical (unpaired) electrons. The lowest BCUT2D eigenvalue weighted by atomic mass is 10.0. The van der Waals surface area contributed by atoms with Gasteiger partial charge in [-0.3, -0.25) is 0 Å². The molecule has 0 aromatic rings. The second-order valence-corrected chi connectivity index (χ2v) is 5.74. The van der Waals surface area contributed by atoms with E-state index in [9.17, 15) is 0 Å². The van der Waals surface area contributed by atoms with Gasteiger partial charge in [-0.2, -0.15) is 0 Å². The van der Waals surface area contributed by atoms with E-state index in [1.807, 2.05) is 33.8 Å². The molecule has 0 heterocycles. The van der Waals surface area contributed by atoms with E-state index in [1.165, 1.54) is 22.3 Å². The van der Waals surface area contributed by atoms with Gasteiger partial charge < -0.3 is 5.32 Å². The van der Waals surface area contributed by atoms with Crippen LogP contribution in [0.1, 0.15) is 61.8 Å². The molecular weight excluding hydrogens is 302 g/mol. The number of nitrogens with one attached hydrogen (secondary N) is 1. The molecule has 1 heteroatoms. The Morgan fingerprint density at radius 2 is 1.80 bits per heavy atom. The van der Waals surface area contributed by atoms with Crippen molar-refractivity contribution in [1.82, 2.24) is 5.32 Å². The quantitative estimate of drug-likeness (QED) is 0.483. The zero-order chi connectivity index (χ0) is 19.7. The van der Waals surface area contributed by atoms with E-state index in [0.717, 1.165) is 19.5 Å². The van der Waals surface area contributed by atoms with Crippen LogP contribution >= 0.6 is 0 Å². The first-order valence-corrected chi connectivity index (χ1v) is 9.86. The van der Waals surface area contributed by atoms with Crippen molar-refractivity contribution in [2.75, 3.05) is 13.1 Å². The molecule has 0 saturated heterocycles. The van der Waals surface area contributed by atoms with Crippen LogP contribution < -0.4 is 5.32 Å². The third-order valence-electron chi connectivity index (χ3n) is 3.62. The largest absolute Gasteiger partial charge is 0.313 e. The SMILES string of the molecule is C=C/C(=C\C=C(/C)CNCC)C1=CC=C(C(C)C)CC=C1.CC.CC. The van der Waals surface area contributed by atoms with E-state index in [4.69, 9.17) is 0 Å². The summed E-state index contributed by atoms with van der Waals surface area (Å²) in [5.74, 6) is 0.601. The first kappa shape index (κ1) is 25.6. The molecule has 0 aliphatic heterocycles. The molecule has 0 bridgehead atoms. The molecule has 1 N–H and O–H groups in total. The summed E-state index contributed by atoms with van der Waals surface area (Å²) < 4.78 is 0. The average molecular weight is 344 g/mol. The zero-order valence-corrected chi connectivity index (χ0v) is 17.9. The van der Waals surface area contributed by atoms with Crippen molar-refractivity contribution in [1.29, 1.82) is 0 Å². The fourth-order valence-electron chi connectivity index (χ4n) is 2.16. The highest BCUT2D eigenvalue weighted by molar-refractivity contribution is 5.50. The minimum absolute atomic E-state index is 0.601. The van der Waals surface area contributed by atoms with Crippen LogP contribution in [0.3, 0.4) is 0 Å². The van der Waals surface area contributed by atoms with Crippen LogP contribution in [0.4, 0.5) is 0 Å². The van der Waals surface area contributed by atoms with E-state index in [2.05, 4.69) is 76.0 Å². The van der Waals surface area contributed by atoms with Gasteiger partial charge in [0, 0.05) is 6.54 Å². The van der Waals surface area contributed by atoms with Crippen molar-refractivity contribution < 1.29 is 0 Å². The molecule has 1 rings (SSSR count). The topological polar surface area (TPSA) is 12.0 Å². The molecule has 1 nitrogen and oxygen atoms in total. The summed E-state index contributed by atoms with van der Waals surface area (Å²) in [6.07, 6.45) is 16.2. The summed E-state index contributed by atoms with van der Waals surface area (Å²) >= 11 is 0. The highest BCUT2D eigenvalue weighted by atomic mass is 14.8. The normalized spacial score (nSPS) is 14.4. The maximum atomic E-state index is 3.95. The molecule has 0 atom stereocenters. The summed E-state index contributed by atoms with van der Waals surface area (Å²) in [6, 6.07) is 0. The number of allylic oxidation sites excluding steroid dienone is 10. The fraction of sp³-hybridized carbons (Fsp3) is 0.500. The van der Waals surface area contributed by atoms with Crippen LogP contribution in [0.5, 0.6) is 0 Å². The van der Waals surface area contributed by atoms with E-state index in [0.29, 0.717) is 5.92 Å². The molecule has 0 amide bonds. The molecular formula is C24H41N. The lowest BCUT2D eigenvalue weighted by molar-refractivity contribution is 0.748. The number of hydrogen-bond acceptors (Lipinski definition) is 1. The van der Waals surface area contributed by atoms with Crippen LogP contribution in [0.2, 0.25) is 0 Å². The number of hydrogen-bond donors (Lipinski definition) is 1. The summed E-state index contributed by atoms with van der Waals surface area (Å²) in [5.41, 5.74) is 5.20. The van der Waals surface area contributed by atoms with Gasteiger partial charge >= 0.3 is 0 Å². The Kier molecular flexibility index (Phi) is 17.7. The lowest BCUT2D eigenvalue weighted by Crippen LogP contribution is -2.14. The maximum Gasteiger partial charge on any atom is 0.0164 e. The van der Waals surface area contributed by atoms with E-state index in [-0.39, 0.29) is 0 Å². The maximum absolute atomic E-state index is 3.95. The highest BCUT2D eigenvalue weighted by Crippen LogP contribution is 2.22. The first-order chi connectivity index (χ1) is 12.1. The van der Waals surface area contributed by atoms with Crippen LogP contribution in [-0.4, -0.2) is 13.1 Å². The van der Waals surface area contributed by atoms with Gasteiger partial charge in [0.25, 0.3) is 0 Å². The van der Waals surface area contributed by atoms with Gasteiger partial charge in [0.05, 0.1) is 0 Å². The van der Waals surface area contributed by atoms with Crippen LogP contribution in [0, 0.1) is 5.92 Å². The molecule has 0 fully saturated rings. The minimum atomic E-state index is 0.601. The third kappa shape index (κ3) is 11.6. The Morgan fingerprint density at radius 1 is 1.16 bits per heavy atom. The molecule has 0 aromatic heterocycles. The zero-order valence-electron chi connectivity index (χ0n) is 17.9. The second kappa shape index (κ2) is 17.2. The Hall–Kier alpha value is -1.60. The molecule has 0 saturated carbocycles. The van der Waals surface area contributed by atoms with Crippen molar-refractivity contribution in [3.63, 3.8) is 0 Å². The lowest BCUT2D eigenvalue weighted by Gasteiger charge is -2.06. The second-order valence-electron chi connectivity index (χ2n) is 5.74. The first-order valence-electron chi connectivity index (χ1n) is 9.86. The van der Waals surface area contributed by atoms with Crippen molar-refractivity contribution >= 4 is 0 Å². The highest BCUT2D eigenvalue weighted by Gasteiger charge is 2.04. The van der Waals surface area contributed by atoms with Gasteiger partial charge in [-0.05, 0) is 37.0 Å². The van der Waals surface area contributed by atoms with Crippen LogP contribution in [0.15, 0.2) is 71.4 Å². The Bertz CT molecular complexity index is 496. The average Bonchev–Trinajstić information content (AvgIpc) is 2.90. The van der Waals surface area contributed by atoms with Crippen LogP contribution in [0.25, 0.3) is 0 Å². The van der Waals surface area contributed by atoms with Gasteiger partial charge in [0.1, 0.15) is 0 Å². The summed E-state index contributed by atoms with van der Waals surface area (Å²) in [6.45, 7) is 22.6. The molecule has 0 unspecified atom stereocenters. The smallest absolute Gasteiger partial charge is 0.0164 e. The molecule has 142 valence electrons. The van der Waals surface area contributed by atoms with Gasteiger partial charge in [0.2, 0.25) is 0 Å². The molecule has 1 aliphatic rings. The Morgan fingerprint density at radius 3 is 2.32 bits per heavy atom. The summed E-state index contributed by atoms with van der Waals surface area (Å²) in [4.78, 5) is 0. The fourth-order valence-corrected chi connectivity index (χ4v) is 2.16. The van der Waals surface area contributed by atoms with E-state index in [1.54, 1.807) is 0 Å². The van der Waals surface area contributed by atoms with E-state index >= 15 is 0 Å². The molecule has 1 aliphatic carbocycles. The van der Waals surface area contributed by atoms with Crippen LogP contribution in [-0.2, 0) is 0 Å². The van der Waals surface area contributed by atoms with Crippen molar-refractivity contribution in [2.45, 2.75) is 61.8 Å². The van der Waals surface area contributed by atoms with Gasteiger partial charge in [0.15, 0.2) is 0 Å². The van der Waals surface area contributed by atoms with Crippen molar-refractivity contribution in [2.24, 2.45) is 5.92 Å². The molecule has 25 heavy (non-hydrogen) atoms. The van der Waals surface area contributed by atoms with Crippen molar-refractivity contribution in [3.8, 4) is 0 Å². The van der Waals surface area contributed by atoms with Gasteiger partial charge in [-0.15, -0.1) is 0 Å². The summed E-state index contributed by atoms with van der Waals surface area (Å²) in [7, 11) is 0. The predicted molar refractivity (Wildman–Crippen MR) is 118 cm³/mol. The Balaban J connectivity index is 0. The number of rotatable bonds is 7. The standard InChI is InChI=1S/C20H29N.2C2H6/c1-6-18(12-11-17(5)15-21-7-2)20-10-8-9-19(13-14-20)16(3)4;2*1-2/h6,8,10-14,16,21H,1,7,9,15H2,2-5H3;2*1-2H3/b17-11+,18-12+;;. The summed E-state index contributed by atoms with van der Waals surface area (Å²) in [5, 5.41) is 3.34. The predicted octanol–water partition coefficient (Wildman–Crippen LogP) is 7.18. The Labute approximate surface area is 158 Å². The molecule has 0 spiro atoms. The van der Waals surface area contributed by atoms with Crippen molar-refractivity contribution in [3.05, 3.63) is 71.4 Å². The minimum Gasteiger partial charge on any atom is -0.313 e. The molecule has 0 aromatic carbocycles. The monoisotopic (exact) mass is 343 g/mol. The van der Waals surface area contributed by atoms with Gasteiger partial charge in [-0.25, -0.2) is 0 Å². The van der Waals surface area contributed by atoms with Gasteiger partial charge in [-0.1, -0.05) is 109 Å². The van der Waals surface area contributed by atoms with E-state index < -0.39 is 0 Å². The third-order valence-corrected chi connectivity index (χ3v) is 3.62.